The van der Waals surface area contributed by atoms with Crippen molar-refractivity contribution in [3.05, 3.63) is 81.8 Å². The van der Waals surface area contributed by atoms with Gasteiger partial charge in [0.25, 0.3) is 11.8 Å². The van der Waals surface area contributed by atoms with Gasteiger partial charge in [0.1, 0.15) is 11.1 Å². The summed E-state index contributed by atoms with van der Waals surface area (Å²) in [5, 5.41) is 5.16. The quantitative estimate of drug-likeness (QED) is 0.537. The first-order valence-electron chi connectivity index (χ1n) is 12.7. The Labute approximate surface area is 206 Å². The summed E-state index contributed by atoms with van der Waals surface area (Å²) >= 11 is 0. The number of benzene rings is 2. The minimum absolute atomic E-state index is 0.0124. The highest BCUT2D eigenvalue weighted by Crippen LogP contribution is 2.24. The topological polar surface area (TPSA) is 71.4 Å². The van der Waals surface area contributed by atoms with Crippen molar-refractivity contribution in [3.8, 4) is 0 Å². The summed E-state index contributed by atoms with van der Waals surface area (Å²) in [5.41, 5.74) is 0.578. The Hall–Kier alpha value is -3.41. The maximum absolute atomic E-state index is 13.4. The molecular formula is C29H35N3O3. The summed E-state index contributed by atoms with van der Waals surface area (Å²) in [5.74, 6) is -0.436. The number of carbonyl (C=O) groups is 2. The Morgan fingerprint density at radius 3 is 2.26 bits per heavy atom. The van der Waals surface area contributed by atoms with Crippen molar-refractivity contribution in [1.82, 2.24) is 14.8 Å². The molecule has 0 aliphatic carbocycles. The van der Waals surface area contributed by atoms with E-state index in [1.165, 1.54) is 0 Å². The molecule has 1 fully saturated rings. The van der Waals surface area contributed by atoms with Crippen LogP contribution in [0.1, 0.15) is 78.8 Å². The van der Waals surface area contributed by atoms with Gasteiger partial charge in [-0.3, -0.25) is 14.4 Å². The van der Waals surface area contributed by atoms with Crippen molar-refractivity contribution in [3.63, 3.8) is 0 Å². The molecule has 3 aromatic rings. The number of carbonyl (C=O) groups excluding carboxylic acids is 2. The summed E-state index contributed by atoms with van der Waals surface area (Å²) < 4.78 is 1.81. The normalized spacial score (nSPS) is 15.1. The smallest absolute Gasteiger partial charge is 0.259 e. The number of nitrogens with one attached hydrogen (secondary N) is 1. The maximum atomic E-state index is 13.4. The lowest BCUT2D eigenvalue weighted by atomic mass is 9.99. The van der Waals surface area contributed by atoms with E-state index in [0.29, 0.717) is 25.6 Å². The van der Waals surface area contributed by atoms with E-state index in [1.54, 1.807) is 17.3 Å². The second-order valence-corrected chi connectivity index (χ2v) is 9.98. The molecule has 2 aromatic carbocycles. The third-order valence-electron chi connectivity index (χ3n) is 6.66. The lowest BCUT2D eigenvalue weighted by Crippen LogP contribution is -2.38. The van der Waals surface area contributed by atoms with Crippen molar-refractivity contribution >= 4 is 22.6 Å². The number of pyridine rings is 1. The average molecular weight is 474 g/mol. The Morgan fingerprint density at radius 1 is 0.886 bits per heavy atom. The first-order chi connectivity index (χ1) is 16.8. The standard InChI is InChI=1S/C29H35N3O3/c1-20(2)17-31-18-25(27(33)26(19-31)29(35)32-15-8-4-5-9-16-32)28(34)30-21(3)23-14-10-12-22-11-6-7-13-24(22)23/h6-7,10-14,18-21H,4-5,8-9,15-17H2,1-3H3,(H,30,34). The van der Waals surface area contributed by atoms with E-state index >= 15 is 0 Å². The average Bonchev–Trinajstić information content (AvgIpc) is 3.13. The predicted octanol–water partition coefficient (Wildman–Crippen LogP) is 5.16. The number of amides is 2. The van der Waals surface area contributed by atoms with Gasteiger partial charge in [-0.05, 0) is 42.0 Å². The molecule has 35 heavy (non-hydrogen) atoms. The fourth-order valence-electron chi connectivity index (χ4n) is 4.90. The molecule has 1 N–H and O–H groups in total. The summed E-state index contributed by atoms with van der Waals surface area (Å²) in [7, 11) is 0. The molecule has 0 bridgehead atoms. The van der Waals surface area contributed by atoms with Crippen LogP contribution in [0.15, 0.2) is 59.7 Å². The second-order valence-electron chi connectivity index (χ2n) is 9.98. The number of fused-ring (bicyclic) bond motifs is 1. The van der Waals surface area contributed by atoms with Crippen LogP contribution in [-0.4, -0.2) is 34.4 Å². The van der Waals surface area contributed by atoms with E-state index in [-0.39, 0.29) is 23.1 Å². The molecule has 0 spiro atoms. The molecule has 1 aliphatic heterocycles. The second kappa shape index (κ2) is 10.9. The molecule has 1 aliphatic rings. The van der Waals surface area contributed by atoms with Crippen molar-refractivity contribution in [2.75, 3.05) is 13.1 Å². The highest BCUT2D eigenvalue weighted by Gasteiger charge is 2.25. The van der Waals surface area contributed by atoms with Crippen molar-refractivity contribution in [2.24, 2.45) is 5.92 Å². The van der Waals surface area contributed by atoms with Crippen LogP contribution in [0.4, 0.5) is 0 Å². The maximum Gasteiger partial charge on any atom is 0.259 e. The molecule has 1 atom stereocenters. The molecule has 1 saturated heterocycles. The van der Waals surface area contributed by atoms with E-state index in [0.717, 1.165) is 42.0 Å². The van der Waals surface area contributed by atoms with E-state index in [2.05, 4.69) is 19.2 Å². The van der Waals surface area contributed by atoms with Gasteiger partial charge in [-0.2, -0.15) is 0 Å². The van der Waals surface area contributed by atoms with E-state index in [9.17, 15) is 14.4 Å². The monoisotopic (exact) mass is 473 g/mol. The highest BCUT2D eigenvalue weighted by molar-refractivity contribution is 5.99. The van der Waals surface area contributed by atoms with Crippen LogP contribution in [0.5, 0.6) is 0 Å². The lowest BCUT2D eigenvalue weighted by Gasteiger charge is -2.22. The number of nitrogens with zero attached hydrogens (tertiary/aromatic N) is 2. The van der Waals surface area contributed by atoms with Crippen LogP contribution in [-0.2, 0) is 6.54 Å². The minimum atomic E-state index is -0.498. The van der Waals surface area contributed by atoms with Crippen molar-refractivity contribution in [2.45, 2.75) is 59.0 Å². The molecule has 2 heterocycles. The zero-order chi connectivity index (χ0) is 24.9. The molecule has 0 saturated carbocycles. The van der Waals surface area contributed by atoms with Crippen LogP contribution < -0.4 is 10.7 Å². The molecule has 6 heteroatoms. The zero-order valence-electron chi connectivity index (χ0n) is 20.9. The Morgan fingerprint density at radius 2 is 1.54 bits per heavy atom. The number of hydrogen-bond acceptors (Lipinski definition) is 3. The number of aromatic nitrogens is 1. The molecule has 184 valence electrons. The van der Waals surface area contributed by atoms with Gasteiger partial charge in [0.2, 0.25) is 5.43 Å². The number of likely N-dealkylation sites (tertiary alicyclic amines) is 1. The van der Waals surface area contributed by atoms with Crippen LogP contribution >= 0.6 is 0 Å². The third-order valence-corrected chi connectivity index (χ3v) is 6.66. The molecule has 1 aromatic heterocycles. The predicted molar refractivity (Wildman–Crippen MR) is 140 cm³/mol. The molecule has 0 radical (unpaired) electrons. The van der Waals surface area contributed by atoms with E-state index in [1.807, 2.05) is 54.0 Å². The van der Waals surface area contributed by atoms with Crippen LogP contribution in [0.2, 0.25) is 0 Å². The molecule has 2 amide bonds. The highest BCUT2D eigenvalue weighted by atomic mass is 16.2. The van der Waals surface area contributed by atoms with Crippen LogP contribution in [0, 0.1) is 5.92 Å². The summed E-state index contributed by atoms with van der Waals surface area (Å²) in [6.45, 7) is 7.96. The van der Waals surface area contributed by atoms with Crippen LogP contribution in [0.3, 0.4) is 0 Å². The van der Waals surface area contributed by atoms with Gasteiger partial charge in [-0.1, -0.05) is 69.2 Å². The summed E-state index contributed by atoms with van der Waals surface area (Å²) in [4.78, 5) is 41.9. The SMILES string of the molecule is CC(C)Cn1cc(C(=O)NC(C)c2cccc3ccccc23)c(=O)c(C(=O)N2CCCCCC2)c1. The van der Waals surface area contributed by atoms with Gasteiger partial charge in [-0.25, -0.2) is 0 Å². The van der Waals surface area contributed by atoms with Gasteiger partial charge >= 0.3 is 0 Å². The van der Waals surface area contributed by atoms with Gasteiger partial charge in [0, 0.05) is 32.0 Å². The van der Waals surface area contributed by atoms with Crippen LogP contribution in [0.25, 0.3) is 10.8 Å². The molecule has 1 unspecified atom stereocenters. The first kappa shape index (κ1) is 24.7. The van der Waals surface area contributed by atoms with E-state index < -0.39 is 11.3 Å². The minimum Gasteiger partial charge on any atom is -0.352 e. The lowest BCUT2D eigenvalue weighted by molar-refractivity contribution is 0.0759. The van der Waals surface area contributed by atoms with Gasteiger partial charge in [-0.15, -0.1) is 0 Å². The zero-order valence-corrected chi connectivity index (χ0v) is 20.9. The molecular weight excluding hydrogens is 438 g/mol. The largest absolute Gasteiger partial charge is 0.352 e. The summed E-state index contributed by atoms with van der Waals surface area (Å²) in [6.07, 6.45) is 7.28. The number of rotatable bonds is 6. The Bertz CT molecular complexity index is 1260. The Kier molecular flexibility index (Phi) is 7.69. The van der Waals surface area contributed by atoms with Crippen molar-refractivity contribution < 1.29 is 9.59 Å². The van der Waals surface area contributed by atoms with Crippen molar-refractivity contribution in [1.29, 1.82) is 0 Å². The van der Waals surface area contributed by atoms with Gasteiger partial charge in [0.15, 0.2) is 0 Å². The fourth-order valence-corrected chi connectivity index (χ4v) is 4.90. The Balaban J connectivity index is 1.67. The molecule has 4 rings (SSSR count). The fraction of sp³-hybridized carbons (Fsp3) is 0.414. The number of hydrogen-bond donors (Lipinski definition) is 1. The van der Waals surface area contributed by atoms with Gasteiger partial charge in [0.05, 0.1) is 6.04 Å². The third kappa shape index (κ3) is 5.64. The molecule has 6 nitrogen and oxygen atoms in total. The summed E-state index contributed by atoms with van der Waals surface area (Å²) in [6, 6.07) is 13.7. The van der Waals surface area contributed by atoms with Gasteiger partial charge < -0.3 is 14.8 Å². The first-order valence-corrected chi connectivity index (χ1v) is 12.7. The van der Waals surface area contributed by atoms with E-state index in [4.69, 9.17) is 0 Å².